The zero-order chi connectivity index (χ0) is 26.5. The monoisotopic (exact) mass is 520 g/mol. The Kier molecular flexibility index (Phi) is 7.29. The largest absolute Gasteiger partial charge is 0.457 e. The molecule has 5 heteroatoms. The molecule has 0 aliphatic carbocycles. The maximum absolute atomic E-state index is 13.1. The molecule has 0 amide bonds. The van der Waals surface area contributed by atoms with Crippen molar-refractivity contribution in [1.29, 1.82) is 0 Å². The highest BCUT2D eigenvalue weighted by Gasteiger charge is 2.18. The molecule has 0 aliphatic heterocycles. The maximum atomic E-state index is 13.1. The van der Waals surface area contributed by atoms with Crippen molar-refractivity contribution in [3.05, 3.63) is 132 Å². The molecule has 5 aromatic rings. The fourth-order valence-corrected chi connectivity index (χ4v) is 5.30. The zero-order valence-corrected chi connectivity index (χ0v) is 22.1. The van der Waals surface area contributed by atoms with Gasteiger partial charge in [-0.15, -0.1) is 0 Å². The predicted molar refractivity (Wildman–Crippen MR) is 151 cm³/mol. The average molecular weight is 521 g/mol. The van der Waals surface area contributed by atoms with Crippen LogP contribution in [0.4, 0.5) is 0 Å². The summed E-state index contributed by atoms with van der Waals surface area (Å²) in [5, 5.41) is 0. The van der Waals surface area contributed by atoms with Crippen LogP contribution in [0.25, 0.3) is 11.1 Å². The first-order chi connectivity index (χ1) is 18.4. The number of benzene rings is 5. The van der Waals surface area contributed by atoms with Crippen molar-refractivity contribution in [3.8, 4) is 34.1 Å². The summed E-state index contributed by atoms with van der Waals surface area (Å²) in [6.07, 6.45) is 1.02. The lowest BCUT2D eigenvalue weighted by atomic mass is 10.0. The Hall–Kier alpha value is -4.35. The van der Waals surface area contributed by atoms with Gasteiger partial charge in [0.25, 0.3) is 0 Å². The summed E-state index contributed by atoms with van der Waals surface area (Å²) in [7, 11) is -3.68. The van der Waals surface area contributed by atoms with Gasteiger partial charge in [-0.3, -0.25) is 0 Å². The lowest BCUT2D eigenvalue weighted by Crippen LogP contribution is -2.01. The van der Waals surface area contributed by atoms with Gasteiger partial charge in [0.1, 0.15) is 23.0 Å². The van der Waals surface area contributed by atoms with Gasteiger partial charge in [-0.1, -0.05) is 61.0 Å². The van der Waals surface area contributed by atoms with Crippen LogP contribution in [0.2, 0.25) is 0 Å². The summed E-state index contributed by atoms with van der Waals surface area (Å²) in [4.78, 5) is 0.396. The van der Waals surface area contributed by atoms with Gasteiger partial charge in [0, 0.05) is 0 Å². The van der Waals surface area contributed by atoms with E-state index in [1.165, 1.54) is 5.56 Å². The molecule has 38 heavy (non-hydrogen) atoms. The van der Waals surface area contributed by atoms with Gasteiger partial charge in [-0.25, -0.2) is 8.42 Å². The summed E-state index contributed by atoms with van der Waals surface area (Å²) >= 11 is 0. The number of hydrogen-bond donors (Lipinski definition) is 0. The third kappa shape index (κ3) is 5.79. The van der Waals surface area contributed by atoms with Crippen molar-refractivity contribution in [2.45, 2.75) is 30.1 Å². The van der Waals surface area contributed by atoms with Crippen molar-refractivity contribution in [1.82, 2.24) is 0 Å². The molecule has 0 unspecified atom stereocenters. The number of aryl methyl sites for hydroxylation is 2. The molecule has 5 rings (SSSR count). The first-order valence-corrected chi connectivity index (χ1v) is 14.0. The number of ether oxygens (including phenoxy) is 2. The van der Waals surface area contributed by atoms with Crippen LogP contribution >= 0.6 is 0 Å². The molecule has 0 spiro atoms. The summed E-state index contributed by atoms with van der Waals surface area (Å²) in [5.74, 6) is 2.51. The van der Waals surface area contributed by atoms with E-state index in [0.29, 0.717) is 23.0 Å². The van der Waals surface area contributed by atoms with Gasteiger partial charge in [0.15, 0.2) is 0 Å². The molecular formula is C33H28O4S. The summed E-state index contributed by atoms with van der Waals surface area (Å²) in [6, 6.07) is 36.9. The first-order valence-electron chi connectivity index (χ1n) is 12.5. The van der Waals surface area contributed by atoms with Crippen molar-refractivity contribution in [3.63, 3.8) is 0 Å². The Morgan fingerprint density at radius 3 is 1.24 bits per heavy atom. The van der Waals surface area contributed by atoms with Crippen LogP contribution in [0.1, 0.15) is 18.1 Å². The molecule has 0 N–H and O–H groups in total. The Bertz CT molecular complexity index is 1600. The summed E-state index contributed by atoms with van der Waals surface area (Å²) in [6.45, 7) is 4.15. The second-order valence-electron chi connectivity index (χ2n) is 9.04. The van der Waals surface area contributed by atoms with Gasteiger partial charge in [-0.2, -0.15) is 0 Å². The molecule has 0 heterocycles. The third-order valence-corrected chi connectivity index (χ3v) is 8.10. The fraction of sp³-hybridized carbons (Fsp3) is 0.0909. The second kappa shape index (κ2) is 11.0. The zero-order valence-electron chi connectivity index (χ0n) is 21.3. The van der Waals surface area contributed by atoms with Crippen molar-refractivity contribution in [2.75, 3.05) is 0 Å². The Morgan fingerprint density at radius 1 is 0.500 bits per heavy atom. The fourth-order valence-electron chi connectivity index (χ4n) is 4.04. The van der Waals surface area contributed by atoms with Gasteiger partial charge in [-0.05, 0) is 103 Å². The highest BCUT2D eigenvalue weighted by molar-refractivity contribution is 7.91. The Labute approximate surface area is 224 Å². The highest BCUT2D eigenvalue weighted by Crippen LogP contribution is 2.30. The van der Waals surface area contributed by atoms with Crippen molar-refractivity contribution >= 4 is 9.84 Å². The molecule has 0 saturated carbocycles. The highest BCUT2D eigenvalue weighted by atomic mass is 32.2. The molecule has 190 valence electrons. The van der Waals surface area contributed by atoms with E-state index in [0.717, 1.165) is 23.1 Å². The summed E-state index contributed by atoms with van der Waals surface area (Å²) in [5.41, 5.74) is 4.71. The minimum absolute atomic E-state index is 0.197. The van der Waals surface area contributed by atoms with Gasteiger partial charge in [0.2, 0.25) is 9.84 Å². The second-order valence-corrected chi connectivity index (χ2v) is 11.0. The lowest BCUT2D eigenvalue weighted by Gasteiger charge is -2.10. The van der Waals surface area contributed by atoms with E-state index in [4.69, 9.17) is 9.47 Å². The molecule has 0 atom stereocenters. The van der Waals surface area contributed by atoms with Crippen LogP contribution in [-0.2, 0) is 16.3 Å². The molecule has 0 fully saturated rings. The van der Waals surface area contributed by atoms with E-state index < -0.39 is 9.84 Å². The van der Waals surface area contributed by atoms with E-state index in [1.807, 2.05) is 55.5 Å². The SMILES string of the molecule is CCc1ccc(-c2ccc(Oc3ccc(S(=O)(=O)c4ccc(Oc5ccc(C)cc5)cc4)cc3)cc2)cc1. The van der Waals surface area contributed by atoms with E-state index >= 15 is 0 Å². The van der Waals surface area contributed by atoms with Crippen LogP contribution in [0.3, 0.4) is 0 Å². The Balaban J connectivity index is 1.24. The number of sulfone groups is 1. The molecule has 0 aliphatic rings. The van der Waals surface area contributed by atoms with Crippen molar-refractivity contribution in [2.24, 2.45) is 0 Å². The smallest absolute Gasteiger partial charge is 0.206 e. The molecule has 0 aromatic heterocycles. The van der Waals surface area contributed by atoms with E-state index in [9.17, 15) is 8.42 Å². The Morgan fingerprint density at radius 2 is 0.842 bits per heavy atom. The molecule has 4 nitrogen and oxygen atoms in total. The third-order valence-electron chi connectivity index (χ3n) is 6.31. The standard InChI is InChI=1S/C33H28O4S/c1-3-25-6-8-26(9-7-25)27-10-14-29(15-11-27)37-31-18-22-33(23-19-31)38(34,35)32-20-16-30(17-21-32)36-28-12-4-24(2)5-13-28/h4-23H,3H2,1-2H3. The quantitative estimate of drug-likeness (QED) is 0.205. The van der Waals surface area contributed by atoms with Gasteiger partial charge >= 0.3 is 0 Å². The average Bonchev–Trinajstić information content (AvgIpc) is 2.95. The van der Waals surface area contributed by atoms with Crippen LogP contribution in [-0.4, -0.2) is 8.42 Å². The molecule has 5 aromatic carbocycles. The first kappa shape index (κ1) is 25.3. The van der Waals surface area contributed by atoms with Gasteiger partial charge in [0.05, 0.1) is 9.79 Å². The topological polar surface area (TPSA) is 52.6 Å². The minimum atomic E-state index is -3.68. The van der Waals surface area contributed by atoms with E-state index in [-0.39, 0.29) is 9.79 Å². The van der Waals surface area contributed by atoms with Crippen LogP contribution in [0.5, 0.6) is 23.0 Å². The van der Waals surface area contributed by atoms with Crippen LogP contribution in [0, 0.1) is 6.92 Å². The number of rotatable bonds is 8. The van der Waals surface area contributed by atoms with E-state index in [2.05, 4.69) is 31.2 Å². The molecular weight excluding hydrogens is 492 g/mol. The lowest BCUT2D eigenvalue weighted by molar-refractivity contribution is 0.482. The van der Waals surface area contributed by atoms with Crippen molar-refractivity contribution < 1.29 is 17.9 Å². The maximum Gasteiger partial charge on any atom is 0.206 e. The summed E-state index contributed by atoms with van der Waals surface area (Å²) < 4.78 is 38.0. The van der Waals surface area contributed by atoms with Crippen LogP contribution < -0.4 is 9.47 Å². The minimum Gasteiger partial charge on any atom is -0.457 e. The molecule has 0 radical (unpaired) electrons. The van der Waals surface area contributed by atoms with E-state index in [1.54, 1.807) is 48.5 Å². The normalized spacial score (nSPS) is 11.2. The van der Waals surface area contributed by atoms with Gasteiger partial charge < -0.3 is 9.47 Å². The van der Waals surface area contributed by atoms with Crippen LogP contribution in [0.15, 0.2) is 131 Å². The molecule has 0 saturated heterocycles. The number of hydrogen-bond acceptors (Lipinski definition) is 4. The predicted octanol–water partition coefficient (Wildman–Crippen LogP) is 8.64. The molecule has 0 bridgehead atoms.